The largest absolute Gasteiger partial charge is 0.496 e. The third-order valence-corrected chi connectivity index (χ3v) is 3.75. The molecule has 1 aromatic heterocycles. The lowest BCUT2D eigenvalue weighted by molar-refractivity contribution is 0.416. The van der Waals surface area contributed by atoms with Crippen molar-refractivity contribution in [3.63, 3.8) is 0 Å². The van der Waals surface area contributed by atoms with Crippen LogP contribution >= 0.6 is 11.6 Å². The van der Waals surface area contributed by atoms with Crippen molar-refractivity contribution in [1.82, 2.24) is 15.3 Å². The second kappa shape index (κ2) is 5.38. The topological polar surface area (TPSA) is 47.0 Å². The van der Waals surface area contributed by atoms with E-state index in [1.54, 1.807) is 13.2 Å². The number of aromatic nitrogens is 2. The quantitative estimate of drug-likeness (QED) is 0.944. The Labute approximate surface area is 123 Å². The zero-order chi connectivity index (χ0) is 14.1. The molecule has 0 atom stereocenters. The monoisotopic (exact) mass is 289 g/mol. The number of hydrogen-bond donors (Lipinski definition) is 1. The van der Waals surface area contributed by atoms with Crippen LogP contribution in [0.2, 0.25) is 5.02 Å². The first-order valence-electron chi connectivity index (χ1n) is 6.66. The van der Waals surface area contributed by atoms with Crippen molar-refractivity contribution in [2.24, 2.45) is 0 Å². The van der Waals surface area contributed by atoms with Gasteiger partial charge in [-0.1, -0.05) is 18.5 Å². The summed E-state index contributed by atoms with van der Waals surface area (Å²) < 4.78 is 5.39. The van der Waals surface area contributed by atoms with E-state index < -0.39 is 0 Å². The lowest BCUT2D eigenvalue weighted by atomic mass is 10.1. The Kier molecular flexibility index (Phi) is 3.59. The average Bonchev–Trinajstić information content (AvgIpc) is 2.94. The van der Waals surface area contributed by atoms with Gasteiger partial charge < -0.3 is 10.1 Å². The summed E-state index contributed by atoms with van der Waals surface area (Å²) in [5.41, 5.74) is 4.31. The maximum atomic E-state index is 6.00. The van der Waals surface area contributed by atoms with Crippen molar-refractivity contribution >= 4 is 11.6 Å². The van der Waals surface area contributed by atoms with Gasteiger partial charge >= 0.3 is 0 Å². The molecule has 2 aromatic rings. The molecule has 0 bridgehead atoms. The number of halogens is 1. The number of methoxy groups -OCH3 is 1. The van der Waals surface area contributed by atoms with Crippen molar-refractivity contribution < 1.29 is 4.74 Å². The van der Waals surface area contributed by atoms with Gasteiger partial charge in [-0.2, -0.15) is 0 Å². The molecule has 0 saturated heterocycles. The van der Waals surface area contributed by atoms with Crippen LogP contribution in [0.25, 0.3) is 11.4 Å². The third-order valence-electron chi connectivity index (χ3n) is 3.51. The SMILES string of the molecule is CCc1nc(-c2ccc(Cl)cc2OC)nc2c1CNC2. The molecule has 3 rings (SSSR count). The van der Waals surface area contributed by atoms with Gasteiger partial charge in [0.25, 0.3) is 0 Å². The molecule has 1 aliphatic rings. The van der Waals surface area contributed by atoms with Crippen LogP contribution in [0.3, 0.4) is 0 Å². The van der Waals surface area contributed by atoms with E-state index in [1.165, 1.54) is 5.56 Å². The Hall–Kier alpha value is -1.65. The molecule has 2 heterocycles. The van der Waals surface area contributed by atoms with Gasteiger partial charge in [0, 0.05) is 29.4 Å². The van der Waals surface area contributed by atoms with Gasteiger partial charge in [-0.05, 0) is 24.6 Å². The van der Waals surface area contributed by atoms with Crippen LogP contribution in [0.4, 0.5) is 0 Å². The predicted molar refractivity (Wildman–Crippen MR) is 79.0 cm³/mol. The van der Waals surface area contributed by atoms with Gasteiger partial charge in [-0.15, -0.1) is 0 Å². The highest BCUT2D eigenvalue weighted by Gasteiger charge is 2.19. The van der Waals surface area contributed by atoms with Gasteiger partial charge in [0.15, 0.2) is 5.82 Å². The number of benzene rings is 1. The van der Waals surface area contributed by atoms with E-state index >= 15 is 0 Å². The van der Waals surface area contributed by atoms with Crippen LogP contribution in [0.5, 0.6) is 5.75 Å². The molecule has 0 aliphatic carbocycles. The minimum atomic E-state index is 0.643. The summed E-state index contributed by atoms with van der Waals surface area (Å²) in [6.07, 6.45) is 0.898. The highest BCUT2D eigenvalue weighted by molar-refractivity contribution is 6.30. The van der Waals surface area contributed by atoms with E-state index in [4.69, 9.17) is 21.3 Å². The maximum Gasteiger partial charge on any atom is 0.163 e. The van der Waals surface area contributed by atoms with Crippen molar-refractivity contribution in [3.05, 3.63) is 40.2 Å². The first kappa shape index (κ1) is 13.3. The molecular weight excluding hydrogens is 274 g/mol. The van der Waals surface area contributed by atoms with E-state index in [0.29, 0.717) is 16.6 Å². The summed E-state index contributed by atoms with van der Waals surface area (Å²) in [4.78, 5) is 9.37. The summed E-state index contributed by atoms with van der Waals surface area (Å²) in [6.45, 7) is 3.77. The van der Waals surface area contributed by atoms with E-state index in [0.717, 1.165) is 36.5 Å². The molecule has 0 saturated carbocycles. The highest BCUT2D eigenvalue weighted by Crippen LogP contribution is 2.31. The summed E-state index contributed by atoms with van der Waals surface area (Å²) in [6, 6.07) is 5.53. The predicted octanol–water partition coefficient (Wildman–Crippen LogP) is 2.97. The fraction of sp³-hybridized carbons (Fsp3) is 0.333. The Bertz CT molecular complexity index is 658. The second-order valence-corrected chi connectivity index (χ2v) is 5.16. The number of ether oxygens (including phenoxy) is 1. The molecule has 1 aromatic carbocycles. The molecule has 5 heteroatoms. The van der Waals surface area contributed by atoms with E-state index in [1.807, 2.05) is 12.1 Å². The van der Waals surface area contributed by atoms with Crippen LogP contribution < -0.4 is 10.1 Å². The number of fused-ring (bicyclic) bond motifs is 1. The summed E-state index contributed by atoms with van der Waals surface area (Å²) in [5.74, 6) is 1.41. The standard InChI is InChI=1S/C15H16ClN3O/c1-3-12-11-7-17-8-13(11)19-15(18-12)10-5-4-9(16)6-14(10)20-2/h4-6,17H,3,7-8H2,1-2H3. The Morgan fingerprint density at radius 1 is 1.30 bits per heavy atom. The molecule has 20 heavy (non-hydrogen) atoms. The zero-order valence-corrected chi connectivity index (χ0v) is 12.3. The van der Waals surface area contributed by atoms with E-state index in [-0.39, 0.29) is 0 Å². The summed E-state index contributed by atoms with van der Waals surface area (Å²) >= 11 is 6.00. The lowest BCUT2D eigenvalue weighted by Crippen LogP contribution is -2.03. The minimum absolute atomic E-state index is 0.643. The highest BCUT2D eigenvalue weighted by atomic mass is 35.5. The van der Waals surface area contributed by atoms with E-state index in [9.17, 15) is 0 Å². The molecule has 0 radical (unpaired) electrons. The van der Waals surface area contributed by atoms with Crippen LogP contribution in [-0.4, -0.2) is 17.1 Å². The van der Waals surface area contributed by atoms with Crippen molar-refractivity contribution in [3.8, 4) is 17.1 Å². The Morgan fingerprint density at radius 2 is 2.15 bits per heavy atom. The molecule has 104 valence electrons. The van der Waals surface area contributed by atoms with Crippen LogP contribution in [-0.2, 0) is 19.5 Å². The smallest absolute Gasteiger partial charge is 0.163 e. The third kappa shape index (κ3) is 2.25. The van der Waals surface area contributed by atoms with Crippen molar-refractivity contribution in [2.75, 3.05) is 7.11 Å². The maximum absolute atomic E-state index is 6.00. The van der Waals surface area contributed by atoms with Gasteiger partial charge in [0.05, 0.1) is 18.4 Å². The first-order valence-corrected chi connectivity index (χ1v) is 7.04. The second-order valence-electron chi connectivity index (χ2n) is 4.72. The number of nitrogens with zero attached hydrogens (tertiary/aromatic N) is 2. The Morgan fingerprint density at radius 3 is 2.90 bits per heavy atom. The molecule has 0 spiro atoms. The number of hydrogen-bond acceptors (Lipinski definition) is 4. The van der Waals surface area contributed by atoms with Gasteiger partial charge in [-0.3, -0.25) is 0 Å². The first-order chi connectivity index (χ1) is 9.72. The average molecular weight is 290 g/mol. The summed E-state index contributed by atoms with van der Waals surface area (Å²) in [5, 5.41) is 3.97. The van der Waals surface area contributed by atoms with Crippen LogP contribution in [0.15, 0.2) is 18.2 Å². The molecule has 4 nitrogen and oxygen atoms in total. The molecule has 0 unspecified atom stereocenters. The van der Waals surface area contributed by atoms with Gasteiger partial charge in [0.2, 0.25) is 0 Å². The van der Waals surface area contributed by atoms with Crippen molar-refractivity contribution in [2.45, 2.75) is 26.4 Å². The fourth-order valence-corrected chi connectivity index (χ4v) is 2.66. The van der Waals surface area contributed by atoms with Crippen LogP contribution in [0, 0.1) is 0 Å². The fourth-order valence-electron chi connectivity index (χ4n) is 2.50. The molecule has 1 aliphatic heterocycles. The normalized spacial score (nSPS) is 13.3. The minimum Gasteiger partial charge on any atom is -0.496 e. The van der Waals surface area contributed by atoms with Crippen LogP contribution in [0.1, 0.15) is 23.9 Å². The molecule has 0 fully saturated rings. The summed E-state index contributed by atoms with van der Waals surface area (Å²) in [7, 11) is 1.63. The molecule has 0 amide bonds. The lowest BCUT2D eigenvalue weighted by Gasteiger charge is -2.11. The van der Waals surface area contributed by atoms with Gasteiger partial charge in [0.1, 0.15) is 5.75 Å². The number of rotatable bonds is 3. The Balaban J connectivity index is 2.15. The molecular formula is C15H16ClN3O. The molecule has 1 N–H and O–H groups in total. The van der Waals surface area contributed by atoms with Crippen molar-refractivity contribution in [1.29, 1.82) is 0 Å². The number of nitrogens with one attached hydrogen (secondary N) is 1. The number of aryl methyl sites for hydroxylation is 1. The zero-order valence-electron chi connectivity index (χ0n) is 11.5. The van der Waals surface area contributed by atoms with Gasteiger partial charge in [-0.25, -0.2) is 9.97 Å². The van der Waals surface area contributed by atoms with E-state index in [2.05, 4.69) is 17.2 Å².